The normalized spacial score (nSPS) is 15.7. The molecule has 21 heavy (non-hydrogen) atoms. The Balaban J connectivity index is 1.51. The molecule has 2 N–H and O–H groups in total. The number of halogens is 1. The molecule has 0 unspecified atom stereocenters. The Labute approximate surface area is 123 Å². The summed E-state index contributed by atoms with van der Waals surface area (Å²) in [4.78, 5) is 17.5. The molecule has 1 fully saturated rings. The lowest BCUT2D eigenvalue weighted by Gasteiger charge is -2.14. The van der Waals surface area contributed by atoms with Gasteiger partial charge in [0.05, 0.1) is 0 Å². The van der Waals surface area contributed by atoms with Gasteiger partial charge in [-0.25, -0.2) is 4.39 Å². The zero-order chi connectivity index (χ0) is 14.7. The number of carbonyl (C=O) groups excluding carboxylic acids is 1. The molecule has 0 atom stereocenters. The third kappa shape index (κ3) is 3.42. The Morgan fingerprint density at radius 2 is 2.10 bits per heavy atom. The lowest BCUT2D eigenvalue weighted by atomic mass is 10.2. The molecule has 2 aromatic rings. The maximum Gasteiger partial charge on any atom is 0.267 e. The quantitative estimate of drug-likeness (QED) is 0.831. The Morgan fingerprint density at radius 1 is 1.29 bits per heavy atom. The summed E-state index contributed by atoms with van der Waals surface area (Å²) >= 11 is 0. The molecule has 4 nitrogen and oxygen atoms in total. The topological polar surface area (TPSA) is 48.1 Å². The van der Waals surface area contributed by atoms with Crippen molar-refractivity contribution in [3.63, 3.8) is 0 Å². The van der Waals surface area contributed by atoms with Crippen LogP contribution in [-0.2, 0) is 0 Å². The first-order valence-electron chi connectivity index (χ1n) is 7.51. The van der Waals surface area contributed by atoms with E-state index in [4.69, 9.17) is 0 Å². The van der Waals surface area contributed by atoms with E-state index in [-0.39, 0.29) is 11.7 Å². The molecule has 1 saturated heterocycles. The first-order chi connectivity index (χ1) is 10.2. The molecule has 1 amide bonds. The zero-order valence-electron chi connectivity index (χ0n) is 12.0. The van der Waals surface area contributed by atoms with Gasteiger partial charge in [-0.3, -0.25) is 4.79 Å². The number of H-pyrrole nitrogens is 1. The van der Waals surface area contributed by atoms with Crippen molar-refractivity contribution >= 4 is 16.8 Å². The highest BCUT2D eigenvalue weighted by atomic mass is 19.1. The number of hydrogen-bond acceptors (Lipinski definition) is 2. The van der Waals surface area contributed by atoms with Crippen LogP contribution in [0.1, 0.15) is 29.8 Å². The molecule has 1 aromatic heterocycles. The molecule has 0 radical (unpaired) electrons. The summed E-state index contributed by atoms with van der Waals surface area (Å²) < 4.78 is 13.1. The van der Waals surface area contributed by atoms with Gasteiger partial charge in [0.2, 0.25) is 0 Å². The van der Waals surface area contributed by atoms with Crippen LogP contribution in [0.2, 0.25) is 0 Å². The minimum Gasteiger partial charge on any atom is -0.351 e. The van der Waals surface area contributed by atoms with E-state index in [1.165, 1.54) is 38.1 Å². The van der Waals surface area contributed by atoms with Crippen LogP contribution in [0, 0.1) is 5.82 Å². The number of aromatic amines is 1. The molecular formula is C16H20FN3O. The molecule has 2 heterocycles. The van der Waals surface area contributed by atoms with Crippen molar-refractivity contribution in [2.45, 2.75) is 19.3 Å². The van der Waals surface area contributed by atoms with Gasteiger partial charge >= 0.3 is 0 Å². The second-order valence-electron chi connectivity index (χ2n) is 5.57. The minimum atomic E-state index is -0.293. The highest BCUT2D eigenvalue weighted by molar-refractivity contribution is 5.97. The van der Waals surface area contributed by atoms with Crippen LogP contribution in [0.5, 0.6) is 0 Å². The monoisotopic (exact) mass is 289 g/mol. The van der Waals surface area contributed by atoms with Gasteiger partial charge in [-0.2, -0.15) is 0 Å². The fraction of sp³-hybridized carbons (Fsp3) is 0.438. The second-order valence-corrected chi connectivity index (χ2v) is 5.57. The molecule has 1 aliphatic heterocycles. The second kappa shape index (κ2) is 6.26. The summed E-state index contributed by atoms with van der Waals surface area (Å²) in [6.45, 7) is 4.07. The number of carbonyl (C=O) groups is 1. The predicted molar refractivity (Wildman–Crippen MR) is 80.9 cm³/mol. The minimum absolute atomic E-state index is 0.131. The van der Waals surface area contributed by atoms with Crippen LogP contribution in [-0.4, -0.2) is 42.0 Å². The number of nitrogens with one attached hydrogen (secondary N) is 2. The van der Waals surface area contributed by atoms with Gasteiger partial charge in [-0.1, -0.05) is 0 Å². The molecule has 0 aliphatic carbocycles. The summed E-state index contributed by atoms with van der Waals surface area (Å²) in [5.74, 6) is -0.424. The summed E-state index contributed by atoms with van der Waals surface area (Å²) in [6, 6.07) is 6.15. The Morgan fingerprint density at radius 3 is 2.90 bits per heavy atom. The highest BCUT2D eigenvalue weighted by Gasteiger charge is 2.12. The predicted octanol–water partition coefficient (Wildman–Crippen LogP) is 2.52. The smallest absolute Gasteiger partial charge is 0.267 e. The number of amides is 1. The van der Waals surface area contributed by atoms with Crippen molar-refractivity contribution in [2.24, 2.45) is 0 Å². The molecule has 3 rings (SSSR count). The van der Waals surface area contributed by atoms with Crippen molar-refractivity contribution < 1.29 is 9.18 Å². The SMILES string of the molecule is O=C(NCCCN1CCCC1)c1cc2cc(F)ccc2[nH]1. The molecule has 0 saturated carbocycles. The van der Waals surface area contributed by atoms with Gasteiger partial charge in [0.25, 0.3) is 5.91 Å². The average Bonchev–Trinajstić information content (AvgIpc) is 3.11. The lowest BCUT2D eigenvalue weighted by molar-refractivity contribution is 0.0948. The summed E-state index contributed by atoms with van der Waals surface area (Å²) in [5.41, 5.74) is 1.26. The van der Waals surface area contributed by atoms with E-state index in [1.807, 2.05) is 0 Å². The maximum atomic E-state index is 13.1. The fourth-order valence-corrected chi connectivity index (χ4v) is 2.83. The summed E-state index contributed by atoms with van der Waals surface area (Å²) in [5, 5.41) is 3.63. The molecule has 5 heteroatoms. The van der Waals surface area contributed by atoms with Crippen molar-refractivity contribution in [2.75, 3.05) is 26.2 Å². The first kappa shape index (κ1) is 14.1. The van der Waals surface area contributed by atoms with Gasteiger partial charge in [0.15, 0.2) is 0 Å². The van der Waals surface area contributed by atoms with Crippen LogP contribution in [0.15, 0.2) is 24.3 Å². The van der Waals surface area contributed by atoms with Gasteiger partial charge in [0.1, 0.15) is 11.5 Å². The average molecular weight is 289 g/mol. The number of aromatic nitrogens is 1. The molecule has 1 aliphatic rings. The molecule has 112 valence electrons. The van der Waals surface area contributed by atoms with Crippen molar-refractivity contribution in [1.82, 2.24) is 15.2 Å². The van der Waals surface area contributed by atoms with E-state index in [0.29, 0.717) is 12.2 Å². The lowest BCUT2D eigenvalue weighted by Crippen LogP contribution is -2.28. The number of hydrogen-bond donors (Lipinski definition) is 2. The van der Waals surface area contributed by atoms with E-state index in [0.717, 1.165) is 23.9 Å². The van der Waals surface area contributed by atoms with Crippen molar-refractivity contribution in [1.29, 1.82) is 0 Å². The van der Waals surface area contributed by atoms with Crippen molar-refractivity contribution in [3.05, 3.63) is 35.8 Å². The van der Waals surface area contributed by atoms with Crippen LogP contribution < -0.4 is 5.32 Å². The number of rotatable bonds is 5. The number of fused-ring (bicyclic) bond motifs is 1. The Bertz CT molecular complexity index is 631. The largest absolute Gasteiger partial charge is 0.351 e. The molecule has 1 aromatic carbocycles. The standard InChI is InChI=1S/C16H20FN3O/c17-13-4-5-14-12(10-13)11-15(19-14)16(21)18-6-3-9-20-7-1-2-8-20/h4-5,10-11,19H,1-3,6-9H2,(H,18,21). The van der Waals surface area contributed by atoms with Gasteiger partial charge < -0.3 is 15.2 Å². The first-order valence-corrected chi connectivity index (χ1v) is 7.51. The Kier molecular flexibility index (Phi) is 4.20. The highest BCUT2D eigenvalue weighted by Crippen LogP contribution is 2.16. The van der Waals surface area contributed by atoms with Crippen LogP contribution >= 0.6 is 0 Å². The van der Waals surface area contributed by atoms with Gasteiger partial charge in [-0.05, 0) is 63.2 Å². The van der Waals surface area contributed by atoms with Crippen molar-refractivity contribution in [3.8, 4) is 0 Å². The number of benzene rings is 1. The maximum absolute atomic E-state index is 13.1. The Hall–Kier alpha value is -1.88. The molecule has 0 bridgehead atoms. The summed E-state index contributed by atoms with van der Waals surface area (Å²) in [6.07, 6.45) is 3.54. The van der Waals surface area contributed by atoms with Gasteiger partial charge in [-0.15, -0.1) is 0 Å². The molecule has 0 spiro atoms. The van der Waals surface area contributed by atoms with Crippen LogP contribution in [0.3, 0.4) is 0 Å². The third-order valence-corrected chi connectivity index (χ3v) is 3.96. The van der Waals surface area contributed by atoms with E-state index >= 15 is 0 Å². The van der Waals surface area contributed by atoms with Gasteiger partial charge in [0, 0.05) is 17.4 Å². The number of likely N-dealkylation sites (tertiary alicyclic amines) is 1. The molecular weight excluding hydrogens is 269 g/mol. The van der Waals surface area contributed by atoms with Crippen LogP contribution in [0.4, 0.5) is 4.39 Å². The fourth-order valence-electron chi connectivity index (χ4n) is 2.83. The van der Waals surface area contributed by atoms with Crippen LogP contribution in [0.25, 0.3) is 10.9 Å². The third-order valence-electron chi connectivity index (χ3n) is 3.96. The van der Waals surface area contributed by atoms with E-state index < -0.39 is 0 Å². The number of nitrogens with zero attached hydrogens (tertiary/aromatic N) is 1. The van der Waals surface area contributed by atoms with E-state index in [9.17, 15) is 9.18 Å². The van der Waals surface area contributed by atoms with E-state index in [2.05, 4.69) is 15.2 Å². The van der Waals surface area contributed by atoms with E-state index in [1.54, 1.807) is 12.1 Å². The summed E-state index contributed by atoms with van der Waals surface area (Å²) in [7, 11) is 0. The zero-order valence-corrected chi connectivity index (χ0v) is 12.0.